The van der Waals surface area contributed by atoms with Crippen LogP contribution < -0.4 is 21.3 Å². The molecule has 1 fully saturated rings. The van der Waals surface area contributed by atoms with Crippen LogP contribution in [-0.4, -0.2) is 41.4 Å². The minimum Gasteiger partial charge on any atom is -0.398 e. The highest BCUT2D eigenvalue weighted by molar-refractivity contribution is 8.08. The van der Waals surface area contributed by atoms with E-state index in [1.54, 1.807) is 24.7 Å². The second kappa shape index (κ2) is 10.4. The highest BCUT2D eigenvalue weighted by atomic mass is 32.2. The van der Waals surface area contributed by atoms with Crippen LogP contribution in [0.1, 0.15) is 5.56 Å². The Bertz CT molecular complexity index is 1100. The number of ether oxygens (including phenoxy) is 1. The molecule has 0 spiro atoms. The summed E-state index contributed by atoms with van der Waals surface area (Å²) in [6, 6.07) is 13.6. The number of aromatic nitrogens is 2. The second-order valence-corrected chi connectivity index (χ2v) is 8.65. The normalized spacial score (nSPS) is 13.4. The zero-order valence-electron chi connectivity index (χ0n) is 17.5. The van der Waals surface area contributed by atoms with Gasteiger partial charge in [0.2, 0.25) is 0 Å². The Morgan fingerprint density at radius 2 is 1.91 bits per heavy atom. The second-order valence-electron chi connectivity index (χ2n) is 7.10. The maximum absolute atomic E-state index is 6.01. The van der Waals surface area contributed by atoms with Crippen molar-refractivity contribution >= 4 is 56.9 Å². The smallest absolute Gasteiger partial charge is 0.175 e. The van der Waals surface area contributed by atoms with Gasteiger partial charge < -0.3 is 26.0 Å². The lowest BCUT2D eigenvalue weighted by molar-refractivity contribution is 0.122. The highest BCUT2D eigenvalue weighted by Crippen LogP contribution is 2.36. The molecule has 1 aliphatic rings. The number of pyridine rings is 2. The number of thiocarbonyl (C=S) groups is 1. The SMILES string of the molecule is C=C(Sc1cnccc1N)c1cccc(NC(=S)Nc2ccc(N3CCOCC3)nc2)c1. The van der Waals surface area contributed by atoms with Crippen molar-refractivity contribution in [2.75, 3.05) is 47.6 Å². The molecule has 9 heteroatoms. The van der Waals surface area contributed by atoms with Gasteiger partial charge in [-0.3, -0.25) is 4.98 Å². The number of nitrogens with zero attached hydrogens (tertiary/aromatic N) is 3. The molecule has 1 saturated heterocycles. The number of nitrogen functional groups attached to an aromatic ring is 1. The number of hydrogen-bond donors (Lipinski definition) is 3. The van der Waals surface area contributed by atoms with Crippen LogP contribution >= 0.6 is 24.0 Å². The average molecular weight is 465 g/mol. The van der Waals surface area contributed by atoms with E-state index in [4.69, 9.17) is 22.7 Å². The third-order valence-electron chi connectivity index (χ3n) is 4.83. The van der Waals surface area contributed by atoms with Gasteiger partial charge >= 0.3 is 0 Å². The zero-order valence-corrected chi connectivity index (χ0v) is 19.1. The molecule has 0 amide bonds. The maximum atomic E-state index is 6.01. The largest absolute Gasteiger partial charge is 0.398 e. The first kappa shape index (κ1) is 22.1. The number of nitrogens with one attached hydrogen (secondary N) is 2. The van der Waals surface area contributed by atoms with Crippen LogP contribution in [0, 0.1) is 0 Å². The first-order chi connectivity index (χ1) is 15.6. The molecule has 3 aromatic rings. The maximum Gasteiger partial charge on any atom is 0.175 e. The van der Waals surface area contributed by atoms with Crippen LogP contribution in [0.25, 0.3) is 4.91 Å². The average Bonchev–Trinajstić information content (AvgIpc) is 2.82. The molecular formula is C23H24N6OS2. The van der Waals surface area contributed by atoms with E-state index in [1.807, 2.05) is 36.4 Å². The van der Waals surface area contributed by atoms with E-state index in [0.717, 1.165) is 58.9 Å². The molecule has 3 heterocycles. The fraction of sp³-hybridized carbons (Fsp3) is 0.174. The Morgan fingerprint density at radius 3 is 2.66 bits per heavy atom. The molecule has 2 aromatic heterocycles. The molecule has 0 bridgehead atoms. The van der Waals surface area contributed by atoms with Gasteiger partial charge in [-0.1, -0.05) is 30.5 Å². The van der Waals surface area contributed by atoms with E-state index < -0.39 is 0 Å². The quantitative estimate of drug-likeness (QED) is 0.361. The Kier molecular flexibility index (Phi) is 7.21. The standard InChI is InChI=1S/C23H24N6OS2/c1-16(32-21-15-25-8-7-20(21)24)17-3-2-4-18(13-17)27-23(31)28-19-5-6-22(26-14-19)29-9-11-30-12-10-29/h2-8,13-15H,1,9-12H2,(H2,24,25)(H2,27,28,31). The van der Waals surface area contributed by atoms with Crippen LogP contribution in [0.3, 0.4) is 0 Å². The van der Waals surface area contributed by atoms with Gasteiger partial charge in [-0.2, -0.15) is 0 Å². The Balaban J connectivity index is 1.35. The molecule has 4 N–H and O–H groups in total. The zero-order chi connectivity index (χ0) is 22.3. The van der Waals surface area contributed by atoms with Crippen LogP contribution in [-0.2, 0) is 4.74 Å². The summed E-state index contributed by atoms with van der Waals surface area (Å²) in [7, 11) is 0. The van der Waals surface area contributed by atoms with Crippen molar-refractivity contribution in [2.45, 2.75) is 4.90 Å². The first-order valence-electron chi connectivity index (χ1n) is 10.1. The summed E-state index contributed by atoms with van der Waals surface area (Å²) in [5, 5.41) is 6.88. The predicted molar refractivity (Wildman–Crippen MR) is 137 cm³/mol. The van der Waals surface area contributed by atoms with Gasteiger partial charge in [0, 0.05) is 41.8 Å². The molecule has 0 unspecified atom stereocenters. The molecule has 0 radical (unpaired) electrons. The number of anilines is 4. The molecule has 4 rings (SSSR count). The summed E-state index contributed by atoms with van der Waals surface area (Å²) in [5.41, 5.74) is 9.35. The molecule has 0 aliphatic carbocycles. The fourth-order valence-electron chi connectivity index (χ4n) is 3.17. The van der Waals surface area contributed by atoms with E-state index >= 15 is 0 Å². The van der Waals surface area contributed by atoms with E-state index in [1.165, 1.54) is 11.8 Å². The van der Waals surface area contributed by atoms with Gasteiger partial charge in [-0.25, -0.2) is 4.98 Å². The van der Waals surface area contributed by atoms with Crippen LogP contribution in [0.5, 0.6) is 0 Å². The predicted octanol–water partition coefficient (Wildman–Crippen LogP) is 4.47. The number of hydrogen-bond acceptors (Lipinski definition) is 7. The van der Waals surface area contributed by atoms with Crippen molar-refractivity contribution in [3.63, 3.8) is 0 Å². The Morgan fingerprint density at radius 1 is 1.09 bits per heavy atom. The summed E-state index contributed by atoms with van der Waals surface area (Å²) in [5.74, 6) is 0.940. The van der Waals surface area contributed by atoms with Crippen LogP contribution in [0.4, 0.5) is 22.9 Å². The molecule has 1 aliphatic heterocycles. The molecule has 164 valence electrons. The highest BCUT2D eigenvalue weighted by Gasteiger charge is 2.12. The molecular weight excluding hydrogens is 440 g/mol. The summed E-state index contributed by atoms with van der Waals surface area (Å²) < 4.78 is 5.39. The molecule has 0 atom stereocenters. The molecule has 7 nitrogen and oxygen atoms in total. The van der Waals surface area contributed by atoms with Crippen molar-refractivity contribution in [1.29, 1.82) is 0 Å². The third-order valence-corrected chi connectivity index (χ3v) is 6.08. The van der Waals surface area contributed by atoms with Gasteiger partial charge in [0.05, 0.1) is 30.0 Å². The molecule has 32 heavy (non-hydrogen) atoms. The topological polar surface area (TPSA) is 88.3 Å². The fourth-order valence-corrected chi connectivity index (χ4v) is 4.22. The number of morpholine rings is 1. The number of thioether (sulfide) groups is 1. The van der Waals surface area contributed by atoms with Crippen LogP contribution in [0.15, 0.2) is 72.5 Å². The minimum absolute atomic E-state index is 0.484. The first-order valence-corrected chi connectivity index (χ1v) is 11.3. The lowest BCUT2D eigenvalue weighted by Crippen LogP contribution is -2.36. The van der Waals surface area contributed by atoms with Gasteiger partial charge in [0.15, 0.2) is 5.11 Å². The van der Waals surface area contributed by atoms with Gasteiger partial charge in [-0.05, 0) is 48.1 Å². The number of nitrogens with two attached hydrogens (primary N) is 1. The van der Waals surface area contributed by atoms with Crippen molar-refractivity contribution < 1.29 is 4.74 Å². The van der Waals surface area contributed by atoms with Gasteiger partial charge in [0.1, 0.15) is 5.82 Å². The van der Waals surface area contributed by atoms with Gasteiger partial charge in [-0.15, -0.1) is 0 Å². The lowest BCUT2D eigenvalue weighted by Gasteiger charge is -2.27. The summed E-state index contributed by atoms with van der Waals surface area (Å²) in [6.07, 6.45) is 5.20. The van der Waals surface area contributed by atoms with Crippen molar-refractivity contribution in [3.05, 3.63) is 73.2 Å². The Labute approximate surface area is 197 Å². The molecule has 1 aromatic carbocycles. The Hall–Kier alpha value is -3.14. The monoisotopic (exact) mass is 464 g/mol. The van der Waals surface area contributed by atoms with E-state index in [0.29, 0.717) is 10.8 Å². The van der Waals surface area contributed by atoms with Crippen LogP contribution in [0.2, 0.25) is 0 Å². The van der Waals surface area contributed by atoms with Crippen molar-refractivity contribution in [2.24, 2.45) is 0 Å². The van der Waals surface area contributed by atoms with E-state index in [2.05, 4.69) is 32.1 Å². The number of benzene rings is 1. The summed E-state index contributed by atoms with van der Waals surface area (Å²) in [6.45, 7) is 7.35. The summed E-state index contributed by atoms with van der Waals surface area (Å²) >= 11 is 6.97. The van der Waals surface area contributed by atoms with E-state index in [-0.39, 0.29) is 0 Å². The summed E-state index contributed by atoms with van der Waals surface area (Å²) in [4.78, 5) is 12.6. The third kappa shape index (κ3) is 5.76. The lowest BCUT2D eigenvalue weighted by atomic mass is 10.2. The van der Waals surface area contributed by atoms with Crippen molar-refractivity contribution in [1.82, 2.24) is 9.97 Å². The minimum atomic E-state index is 0.484. The number of rotatable bonds is 6. The van der Waals surface area contributed by atoms with Gasteiger partial charge in [0.25, 0.3) is 0 Å². The van der Waals surface area contributed by atoms with Crippen molar-refractivity contribution in [3.8, 4) is 0 Å². The molecule has 0 saturated carbocycles. The van der Waals surface area contributed by atoms with E-state index in [9.17, 15) is 0 Å².